The second kappa shape index (κ2) is 8.52. The van der Waals surface area contributed by atoms with Gasteiger partial charge in [0.25, 0.3) is 5.56 Å². The van der Waals surface area contributed by atoms with Crippen molar-refractivity contribution < 1.29 is 13.2 Å². The number of anilines is 1. The fourth-order valence-electron chi connectivity index (χ4n) is 4.28. The zero-order valence-corrected chi connectivity index (χ0v) is 19.3. The van der Waals surface area contributed by atoms with Crippen LogP contribution < -0.4 is 10.9 Å². The third-order valence-corrected chi connectivity index (χ3v) is 7.99. The maximum Gasteiger partial charge on any atom is 0.252 e. The number of nitrogens with one attached hydrogen (secondary N) is 1. The maximum absolute atomic E-state index is 13.0. The molecule has 3 aromatic rings. The van der Waals surface area contributed by atoms with Crippen LogP contribution in [-0.2, 0) is 14.8 Å². The van der Waals surface area contributed by atoms with Gasteiger partial charge in [-0.1, -0.05) is 18.2 Å². The van der Waals surface area contributed by atoms with Crippen LogP contribution in [0.5, 0.6) is 0 Å². The zero-order chi connectivity index (χ0) is 23.0. The maximum atomic E-state index is 13.0. The van der Waals surface area contributed by atoms with E-state index in [1.807, 2.05) is 32.0 Å². The molecule has 0 spiro atoms. The number of aryl methyl sites for hydroxylation is 2. The lowest BCUT2D eigenvalue weighted by Gasteiger charge is -2.20. The third-order valence-electron chi connectivity index (χ3n) is 6.07. The van der Waals surface area contributed by atoms with E-state index in [2.05, 4.69) is 5.32 Å². The van der Waals surface area contributed by atoms with E-state index in [0.29, 0.717) is 18.8 Å². The molecule has 1 aliphatic heterocycles. The SMILES string of the molecule is Cc1cc(=O)n(C(C)C(=O)Nc2ccc(S(=O)(=O)N3CCCC3)cc2)c2c(C)cccc12. The number of carbonyl (C=O) groups excluding carboxylic acids is 1. The molecule has 0 aliphatic carbocycles. The van der Waals surface area contributed by atoms with Crippen LogP contribution in [0.25, 0.3) is 10.9 Å². The average molecular weight is 454 g/mol. The summed E-state index contributed by atoms with van der Waals surface area (Å²) in [5.74, 6) is -0.351. The van der Waals surface area contributed by atoms with Crippen molar-refractivity contribution in [2.75, 3.05) is 18.4 Å². The van der Waals surface area contributed by atoms with Gasteiger partial charge in [-0.15, -0.1) is 0 Å². The third kappa shape index (κ3) is 3.96. The van der Waals surface area contributed by atoms with Crippen LogP contribution in [0.15, 0.2) is 58.2 Å². The van der Waals surface area contributed by atoms with E-state index in [0.717, 1.165) is 34.9 Å². The number of carbonyl (C=O) groups is 1. The average Bonchev–Trinajstić information content (AvgIpc) is 3.30. The Labute approximate surface area is 187 Å². The number of hydrogen-bond donors (Lipinski definition) is 1. The summed E-state index contributed by atoms with van der Waals surface area (Å²) in [6, 6.07) is 12.8. The number of aromatic nitrogens is 1. The molecule has 1 N–H and O–H groups in total. The van der Waals surface area contributed by atoms with Crippen molar-refractivity contribution in [2.45, 2.75) is 44.6 Å². The van der Waals surface area contributed by atoms with Crippen molar-refractivity contribution in [2.24, 2.45) is 0 Å². The lowest BCUT2D eigenvalue weighted by molar-refractivity contribution is -0.118. The highest BCUT2D eigenvalue weighted by Gasteiger charge is 2.27. The van der Waals surface area contributed by atoms with Crippen molar-refractivity contribution in [1.29, 1.82) is 0 Å². The quantitative estimate of drug-likeness (QED) is 0.639. The lowest BCUT2D eigenvalue weighted by Crippen LogP contribution is -2.32. The summed E-state index contributed by atoms with van der Waals surface area (Å²) in [5, 5.41) is 3.74. The van der Waals surface area contributed by atoms with Gasteiger partial charge in [-0.2, -0.15) is 4.31 Å². The summed E-state index contributed by atoms with van der Waals surface area (Å²) in [4.78, 5) is 26.0. The van der Waals surface area contributed by atoms with Gasteiger partial charge in [0.05, 0.1) is 10.4 Å². The molecule has 168 valence electrons. The summed E-state index contributed by atoms with van der Waals surface area (Å²) < 4.78 is 28.4. The highest BCUT2D eigenvalue weighted by atomic mass is 32.2. The lowest BCUT2D eigenvalue weighted by atomic mass is 10.1. The van der Waals surface area contributed by atoms with Gasteiger partial charge >= 0.3 is 0 Å². The van der Waals surface area contributed by atoms with E-state index >= 15 is 0 Å². The van der Waals surface area contributed by atoms with Gasteiger partial charge in [-0.05, 0) is 69.0 Å². The van der Waals surface area contributed by atoms with Crippen molar-refractivity contribution in [1.82, 2.24) is 8.87 Å². The van der Waals surface area contributed by atoms with E-state index in [1.54, 1.807) is 25.1 Å². The predicted octanol–water partition coefficient (Wildman–Crippen LogP) is 3.60. The molecule has 2 heterocycles. The largest absolute Gasteiger partial charge is 0.324 e. The molecule has 1 atom stereocenters. The Hall–Kier alpha value is -2.97. The van der Waals surface area contributed by atoms with Crippen molar-refractivity contribution in [3.05, 3.63) is 70.0 Å². The number of hydrogen-bond acceptors (Lipinski definition) is 4. The van der Waals surface area contributed by atoms with Crippen molar-refractivity contribution >= 4 is 32.5 Å². The first-order valence-corrected chi connectivity index (χ1v) is 12.2. The van der Waals surface area contributed by atoms with Gasteiger partial charge in [0.1, 0.15) is 6.04 Å². The van der Waals surface area contributed by atoms with Crippen LogP contribution in [0.3, 0.4) is 0 Å². The monoisotopic (exact) mass is 453 g/mol. The number of amides is 1. The fourth-order valence-corrected chi connectivity index (χ4v) is 5.79. The molecule has 0 radical (unpaired) electrons. The van der Waals surface area contributed by atoms with Gasteiger partial charge in [0.2, 0.25) is 15.9 Å². The number of fused-ring (bicyclic) bond motifs is 1. The van der Waals surface area contributed by atoms with Gasteiger partial charge in [0, 0.05) is 30.2 Å². The van der Waals surface area contributed by atoms with E-state index in [4.69, 9.17) is 0 Å². The molecule has 1 aliphatic rings. The Bertz CT molecular complexity index is 1340. The molecule has 1 unspecified atom stereocenters. The highest BCUT2D eigenvalue weighted by Crippen LogP contribution is 2.25. The summed E-state index contributed by atoms with van der Waals surface area (Å²) in [5.41, 5.74) is 2.77. The normalized spacial score (nSPS) is 15.7. The molecular formula is C24H27N3O4S. The molecule has 7 nitrogen and oxygen atoms in total. The topological polar surface area (TPSA) is 88.5 Å². The Kier molecular flexibility index (Phi) is 5.92. The fraction of sp³-hybridized carbons (Fsp3) is 0.333. The number of pyridine rings is 1. The number of rotatable bonds is 5. The summed E-state index contributed by atoms with van der Waals surface area (Å²) >= 11 is 0. The number of nitrogens with zero attached hydrogens (tertiary/aromatic N) is 2. The van der Waals surface area contributed by atoms with E-state index < -0.39 is 16.1 Å². The van der Waals surface area contributed by atoms with E-state index in [1.165, 1.54) is 21.0 Å². The van der Waals surface area contributed by atoms with Crippen LogP contribution in [0.2, 0.25) is 0 Å². The Morgan fingerprint density at radius 1 is 1.00 bits per heavy atom. The predicted molar refractivity (Wildman–Crippen MR) is 125 cm³/mol. The Morgan fingerprint density at radius 2 is 1.66 bits per heavy atom. The Balaban J connectivity index is 1.60. The van der Waals surface area contributed by atoms with Crippen molar-refractivity contribution in [3.8, 4) is 0 Å². The summed E-state index contributed by atoms with van der Waals surface area (Å²) in [6.07, 6.45) is 1.75. The first kappa shape index (κ1) is 22.2. The molecular weight excluding hydrogens is 426 g/mol. The molecule has 2 aromatic carbocycles. The van der Waals surface area contributed by atoms with E-state index in [9.17, 15) is 18.0 Å². The highest BCUT2D eigenvalue weighted by molar-refractivity contribution is 7.89. The molecule has 0 bridgehead atoms. The number of benzene rings is 2. The second-order valence-corrected chi connectivity index (χ2v) is 10.2. The smallest absolute Gasteiger partial charge is 0.252 e. The molecule has 1 aromatic heterocycles. The van der Waals surface area contributed by atoms with Gasteiger partial charge in [0.15, 0.2) is 0 Å². The van der Waals surface area contributed by atoms with Crippen molar-refractivity contribution in [3.63, 3.8) is 0 Å². The van der Waals surface area contributed by atoms with Gasteiger partial charge in [-0.3, -0.25) is 14.2 Å². The standard InChI is InChI=1S/C24H27N3O4S/c1-16-7-6-8-21-17(2)15-22(28)27(23(16)21)18(3)24(29)25-19-9-11-20(12-10-19)32(30,31)26-13-4-5-14-26/h6-12,15,18H,4-5,13-14H2,1-3H3,(H,25,29). The number of sulfonamides is 1. The minimum absolute atomic E-state index is 0.210. The summed E-state index contributed by atoms with van der Waals surface area (Å²) in [7, 11) is -3.51. The first-order chi connectivity index (χ1) is 15.2. The summed E-state index contributed by atoms with van der Waals surface area (Å²) in [6.45, 7) is 6.57. The molecule has 1 fully saturated rings. The molecule has 1 saturated heterocycles. The minimum Gasteiger partial charge on any atom is -0.324 e. The molecule has 1 amide bonds. The van der Waals surface area contributed by atoms with Crippen LogP contribution in [-0.4, -0.2) is 36.3 Å². The van der Waals surface area contributed by atoms with Crippen LogP contribution in [0.1, 0.15) is 36.9 Å². The van der Waals surface area contributed by atoms with Gasteiger partial charge in [-0.25, -0.2) is 8.42 Å². The Morgan fingerprint density at radius 3 is 2.31 bits per heavy atom. The first-order valence-electron chi connectivity index (χ1n) is 10.7. The molecule has 8 heteroatoms. The molecule has 32 heavy (non-hydrogen) atoms. The number of para-hydroxylation sites is 1. The minimum atomic E-state index is -3.51. The van der Waals surface area contributed by atoms with E-state index in [-0.39, 0.29) is 16.4 Å². The van der Waals surface area contributed by atoms with Crippen LogP contribution >= 0.6 is 0 Å². The van der Waals surface area contributed by atoms with Crippen LogP contribution in [0, 0.1) is 13.8 Å². The zero-order valence-electron chi connectivity index (χ0n) is 18.5. The molecule has 0 saturated carbocycles. The second-order valence-electron chi connectivity index (χ2n) is 8.31. The molecule has 4 rings (SSSR count). The van der Waals surface area contributed by atoms with Gasteiger partial charge < -0.3 is 5.32 Å². The van der Waals surface area contributed by atoms with Crippen LogP contribution in [0.4, 0.5) is 5.69 Å².